The van der Waals surface area contributed by atoms with E-state index in [4.69, 9.17) is 4.42 Å². The summed E-state index contributed by atoms with van der Waals surface area (Å²) in [6.07, 6.45) is 1.15. The molecule has 2 heterocycles. The minimum absolute atomic E-state index is 0.0215. The lowest BCUT2D eigenvalue weighted by Gasteiger charge is -2.34. The van der Waals surface area contributed by atoms with Crippen LogP contribution < -0.4 is 0 Å². The number of amides is 1. The normalized spacial score (nSPS) is 21.3. The van der Waals surface area contributed by atoms with Gasteiger partial charge in [0, 0.05) is 29.5 Å². The van der Waals surface area contributed by atoms with Gasteiger partial charge in [-0.2, -0.15) is 0 Å². The van der Waals surface area contributed by atoms with Gasteiger partial charge in [0.25, 0.3) is 0 Å². The third-order valence-electron chi connectivity index (χ3n) is 4.96. The van der Waals surface area contributed by atoms with E-state index in [0.717, 1.165) is 30.6 Å². The Hall–Kier alpha value is -1.95. The Morgan fingerprint density at radius 3 is 2.63 bits per heavy atom. The van der Waals surface area contributed by atoms with E-state index in [1.807, 2.05) is 43.0 Å². The van der Waals surface area contributed by atoms with Crippen LogP contribution in [-0.4, -0.2) is 38.8 Å². The number of carbonyl (C=O) groups excluding carboxylic acids is 1. The molecule has 2 aromatic rings. The number of rotatable bonds is 5. The molecule has 146 valence electrons. The number of likely N-dealkylation sites (tertiary alicyclic amines) is 1. The molecule has 1 amide bonds. The van der Waals surface area contributed by atoms with Gasteiger partial charge in [-0.15, -0.1) is 0 Å². The fourth-order valence-electron chi connectivity index (χ4n) is 3.76. The van der Waals surface area contributed by atoms with E-state index >= 15 is 0 Å². The molecule has 0 N–H and O–H groups in total. The molecule has 5 nitrogen and oxygen atoms in total. The van der Waals surface area contributed by atoms with Gasteiger partial charge in [0.05, 0.1) is 11.4 Å². The van der Waals surface area contributed by atoms with E-state index < -0.39 is 10.8 Å². The van der Waals surface area contributed by atoms with E-state index in [9.17, 15) is 9.00 Å². The molecule has 1 saturated heterocycles. The molecule has 0 saturated carbocycles. The molecule has 1 aromatic heterocycles. The van der Waals surface area contributed by atoms with E-state index in [1.54, 1.807) is 0 Å². The number of benzene rings is 1. The molecule has 3 rings (SSSR count). The van der Waals surface area contributed by atoms with Crippen molar-refractivity contribution in [2.75, 3.05) is 18.8 Å². The molecule has 1 fully saturated rings. The average Bonchev–Trinajstić information content (AvgIpc) is 2.94. The molecule has 6 heteroatoms. The smallest absolute Gasteiger partial charge is 0.235 e. The van der Waals surface area contributed by atoms with Crippen molar-refractivity contribution in [1.29, 1.82) is 0 Å². The standard InChI is InChI=1S/C21H28N2O3S/c1-14-6-5-7-18(9-14)21-22-19(17(4)26-21)12-27(25)13-20(24)23-10-15(2)8-16(3)11-23/h5-7,9,15-16H,8,10-13H2,1-4H3/t15-,16-,27+/m0/s1. The number of piperidine rings is 1. The van der Waals surface area contributed by atoms with Crippen LogP contribution in [0, 0.1) is 25.7 Å². The van der Waals surface area contributed by atoms with Crippen LogP contribution in [0.5, 0.6) is 0 Å². The van der Waals surface area contributed by atoms with Gasteiger partial charge in [-0.3, -0.25) is 9.00 Å². The van der Waals surface area contributed by atoms with Crippen molar-refractivity contribution in [3.8, 4) is 11.5 Å². The van der Waals surface area contributed by atoms with Gasteiger partial charge in [-0.1, -0.05) is 31.5 Å². The molecule has 1 aromatic carbocycles. The van der Waals surface area contributed by atoms with E-state index in [0.29, 0.717) is 29.2 Å². The largest absolute Gasteiger partial charge is 0.441 e. The summed E-state index contributed by atoms with van der Waals surface area (Å²) in [6, 6.07) is 7.93. The Balaban J connectivity index is 1.63. The summed E-state index contributed by atoms with van der Waals surface area (Å²) in [5.74, 6) is 2.46. The van der Waals surface area contributed by atoms with Crippen molar-refractivity contribution in [1.82, 2.24) is 9.88 Å². The molecule has 0 bridgehead atoms. The quantitative estimate of drug-likeness (QED) is 0.783. The summed E-state index contributed by atoms with van der Waals surface area (Å²) in [7, 11) is -1.30. The molecular formula is C21H28N2O3S. The van der Waals surface area contributed by atoms with Crippen molar-refractivity contribution < 1.29 is 13.4 Å². The Bertz CT molecular complexity index is 836. The van der Waals surface area contributed by atoms with Crippen molar-refractivity contribution in [2.45, 2.75) is 39.9 Å². The highest BCUT2D eigenvalue weighted by molar-refractivity contribution is 7.84. The van der Waals surface area contributed by atoms with Gasteiger partial charge >= 0.3 is 0 Å². The first-order chi connectivity index (χ1) is 12.8. The van der Waals surface area contributed by atoms with Crippen LogP contribution in [0.3, 0.4) is 0 Å². The second-order valence-electron chi connectivity index (χ2n) is 7.86. The van der Waals surface area contributed by atoms with Crippen molar-refractivity contribution in [2.24, 2.45) is 11.8 Å². The minimum Gasteiger partial charge on any atom is -0.441 e. The summed E-state index contributed by atoms with van der Waals surface area (Å²) >= 11 is 0. The zero-order valence-corrected chi connectivity index (χ0v) is 17.3. The van der Waals surface area contributed by atoms with Gasteiger partial charge in [0.1, 0.15) is 11.5 Å². The van der Waals surface area contributed by atoms with Crippen LogP contribution in [0.15, 0.2) is 28.7 Å². The average molecular weight is 389 g/mol. The number of oxazole rings is 1. The summed E-state index contributed by atoms with van der Waals surface area (Å²) in [5.41, 5.74) is 2.70. The highest BCUT2D eigenvalue weighted by atomic mass is 32.2. The van der Waals surface area contributed by atoms with Crippen molar-refractivity contribution >= 4 is 16.7 Å². The zero-order valence-electron chi connectivity index (χ0n) is 16.5. The Labute approximate surface area is 163 Å². The zero-order chi connectivity index (χ0) is 19.6. The first-order valence-corrected chi connectivity index (χ1v) is 11.0. The lowest BCUT2D eigenvalue weighted by molar-refractivity contribution is -0.131. The van der Waals surface area contributed by atoms with Gasteiger partial charge < -0.3 is 9.32 Å². The van der Waals surface area contributed by atoms with E-state index in [2.05, 4.69) is 18.8 Å². The van der Waals surface area contributed by atoms with E-state index in [-0.39, 0.29) is 17.4 Å². The molecule has 0 spiro atoms. The minimum atomic E-state index is -1.30. The van der Waals surface area contributed by atoms with Gasteiger partial charge in [-0.25, -0.2) is 4.98 Å². The molecule has 27 heavy (non-hydrogen) atoms. The summed E-state index contributed by atoms with van der Waals surface area (Å²) in [5, 5.41) is 0. The number of carbonyl (C=O) groups is 1. The molecule has 0 radical (unpaired) electrons. The maximum absolute atomic E-state index is 12.6. The van der Waals surface area contributed by atoms with Crippen LogP contribution in [0.1, 0.15) is 37.3 Å². The lowest BCUT2D eigenvalue weighted by atomic mass is 9.92. The predicted molar refractivity (Wildman–Crippen MR) is 108 cm³/mol. The number of nitrogens with zero attached hydrogens (tertiary/aromatic N) is 2. The Morgan fingerprint density at radius 2 is 1.96 bits per heavy atom. The van der Waals surface area contributed by atoms with E-state index in [1.165, 1.54) is 0 Å². The molecule has 1 aliphatic rings. The summed E-state index contributed by atoms with van der Waals surface area (Å²) < 4.78 is 18.3. The molecular weight excluding hydrogens is 360 g/mol. The third kappa shape index (κ3) is 5.06. The molecule has 0 unspecified atom stereocenters. The first-order valence-electron chi connectivity index (χ1n) is 9.48. The topological polar surface area (TPSA) is 63.4 Å². The lowest BCUT2D eigenvalue weighted by Crippen LogP contribution is -2.44. The highest BCUT2D eigenvalue weighted by Crippen LogP contribution is 2.24. The highest BCUT2D eigenvalue weighted by Gasteiger charge is 2.26. The Kier molecular flexibility index (Phi) is 6.15. The molecule has 0 aliphatic carbocycles. The predicted octanol–water partition coefficient (Wildman–Crippen LogP) is 3.71. The SMILES string of the molecule is Cc1cccc(-c2nc(C[S@@](=O)CC(=O)N3C[C@@H](C)C[C@H](C)C3)c(C)o2)c1. The fraction of sp³-hybridized carbons (Fsp3) is 0.524. The second-order valence-corrected chi connectivity index (χ2v) is 9.32. The second kappa shape index (κ2) is 8.38. The molecule has 1 aliphatic heterocycles. The number of hydrogen-bond donors (Lipinski definition) is 0. The van der Waals surface area contributed by atoms with Crippen molar-refractivity contribution in [3.05, 3.63) is 41.3 Å². The van der Waals surface area contributed by atoms with Gasteiger partial charge in [-0.05, 0) is 44.2 Å². The van der Waals surface area contributed by atoms with Crippen LogP contribution in [0.4, 0.5) is 0 Å². The molecule has 3 atom stereocenters. The van der Waals surface area contributed by atoms with Crippen LogP contribution in [0.25, 0.3) is 11.5 Å². The number of aryl methyl sites for hydroxylation is 2. The maximum atomic E-state index is 12.6. The monoisotopic (exact) mass is 388 g/mol. The van der Waals surface area contributed by atoms with Crippen molar-refractivity contribution in [3.63, 3.8) is 0 Å². The number of aromatic nitrogens is 1. The van der Waals surface area contributed by atoms with Crippen LogP contribution in [0.2, 0.25) is 0 Å². The number of hydrogen-bond acceptors (Lipinski definition) is 4. The Morgan fingerprint density at radius 1 is 1.26 bits per heavy atom. The van der Waals surface area contributed by atoms with Crippen LogP contribution in [-0.2, 0) is 21.3 Å². The van der Waals surface area contributed by atoms with Gasteiger partial charge in [0.2, 0.25) is 11.8 Å². The fourth-order valence-corrected chi connectivity index (χ4v) is 4.90. The summed E-state index contributed by atoms with van der Waals surface area (Å²) in [6.45, 7) is 9.70. The van der Waals surface area contributed by atoms with Crippen LogP contribution >= 0.6 is 0 Å². The maximum Gasteiger partial charge on any atom is 0.235 e. The third-order valence-corrected chi connectivity index (χ3v) is 6.13. The first kappa shape index (κ1) is 19.8. The summed E-state index contributed by atoms with van der Waals surface area (Å²) in [4.78, 5) is 18.9. The van der Waals surface area contributed by atoms with Gasteiger partial charge in [0.15, 0.2) is 0 Å².